The summed E-state index contributed by atoms with van der Waals surface area (Å²) >= 11 is 6.19. The molecule has 140 valence electrons. The van der Waals surface area contributed by atoms with Crippen LogP contribution in [0.4, 0.5) is 0 Å². The third kappa shape index (κ3) is 5.47. The third-order valence-electron chi connectivity index (χ3n) is 4.76. The first-order valence-electron chi connectivity index (χ1n) is 9.56. The zero-order valence-electron chi connectivity index (χ0n) is 15.5. The molecule has 1 aliphatic heterocycles. The van der Waals surface area contributed by atoms with Crippen LogP contribution in [0, 0.1) is 0 Å². The van der Waals surface area contributed by atoms with Crippen molar-refractivity contribution in [3.05, 3.63) is 64.7 Å². The van der Waals surface area contributed by atoms with Crippen molar-refractivity contribution in [3.8, 4) is 5.75 Å². The normalized spacial score (nSPS) is 18.0. The molecule has 0 amide bonds. The van der Waals surface area contributed by atoms with E-state index < -0.39 is 0 Å². The number of hydrogen-bond donors (Lipinski definition) is 0. The molecule has 0 N–H and O–H groups in total. The highest BCUT2D eigenvalue weighted by Gasteiger charge is 2.21. The Morgan fingerprint density at radius 3 is 2.73 bits per heavy atom. The first kappa shape index (κ1) is 19.2. The average Bonchev–Trinajstić information content (AvgIpc) is 2.67. The number of morpholine rings is 1. The van der Waals surface area contributed by atoms with Crippen LogP contribution < -0.4 is 4.74 Å². The van der Waals surface area contributed by atoms with Crippen molar-refractivity contribution in [3.63, 3.8) is 0 Å². The number of hydrogen-bond acceptors (Lipinski definition) is 3. The monoisotopic (exact) mass is 373 g/mol. The third-order valence-corrected chi connectivity index (χ3v) is 5.13. The largest absolute Gasteiger partial charge is 0.494 e. The summed E-state index contributed by atoms with van der Waals surface area (Å²) in [5.41, 5.74) is 2.41. The molecule has 0 radical (unpaired) electrons. The predicted octanol–water partition coefficient (Wildman–Crippen LogP) is 5.13. The van der Waals surface area contributed by atoms with Crippen molar-refractivity contribution >= 4 is 11.6 Å². The Balaban J connectivity index is 1.45. The molecular weight excluding hydrogens is 346 g/mol. The van der Waals surface area contributed by atoms with Gasteiger partial charge in [-0.05, 0) is 55.1 Å². The van der Waals surface area contributed by atoms with E-state index in [1.165, 1.54) is 17.5 Å². The standard InChI is InChI=1S/C22H28ClNO2/c1-2-13-24-14-16-26-22(17-24)19-9-11-20(12-10-19)25-15-5-7-18-6-3-4-8-21(18)23/h3-4,6,8-12,22H,2,5,7,13-17H2,1H3. The van der Waals surface area contributed by atoms with Crippen molar-refractivity contribution in [2.75, 3.05) is 32.8 Å². The van der Waals surface area contributed by atoms with Gasteiger partial charge in [-0.2, -0.15) is 0 Å². The summed E-state index contributed by atoms with van der Waals surface area (Å²) in [6.07, 6.45) is 3.24. The number of benzene rings is 2. The van der Waals surface area contributed by atoms with Crippen LogP contribution in [-0.4, -0.2) is 37.7 Å². The summed E-state index contributed by atoms with van der Waals surface area (Å²) in [4.78, 5) is 2.48. The Kier molecular flexibility index (Phi) is 7.36. The van der Waals surface area contributed by atoms with E-state index in [-0.39, 0.29) is 6.10 Å². The highest BCUT2D eigenvalue weighted by Crippen LogP contribution is 2.24. The molecule has 1 aliphatic rings. The van der Waals surface area contributed by atoms with Crippen molar-refractivity contribution in [1.29, 1.82) is 0 Å². The molecule has 1 atom stereocenters. The van der Waals surface area contributed by atoms with Gasteiger partial charge in [0.25, 0.3) is 0 Å². The van der Waals surface area contributed by atoms with Crippen LogP contribution in [0.2, 0.25) is 5.02 Å². The molecule has 0 spiro atoms. The summed E-state index contributed by atoms with van der Waals surface area (Å²) in [6, 6.07) is 16.3. The number of rotatable bonds is 8. The van der Waals surface area contributed by atoms with Gasteiger partial charge in [0.15, 0.2) is 0 Å². The lowest BCUT2D eigenvalue weighted by molar-refractivity contribution is -0.0298. The van der Waals surface area contributed by atoms with Gasteiger partial charge in [0, 0.05) is 18.1 Å². The molecule has 3 rings (SSSR count). The SMILES string of the molecule is CCCN1CCOC(c2ccc(OCCCc3ccccc3Cl)cc2)C1. The molecule has 26 heavy (non-hydrogen) atoms. The van der Waals surface area contributed by atoms with Crippen LogP contribution in [0.5, 0.6) is 5.75 Å². The second kappa shape index (κ2) is 9.96. The van der Waals surface area contributed by atoms with Crippen LogP contribution in [0.25, 0.3) is 0 Å². The molecule has 1 unspecified atom stereocenters. The molecule has 1 fully saturated rings. The predicted molar refractivity (Wildman–Crippen MR) is 107 cm³/mol. The lowest BCUT2D eigenvalue weighted by Crippen LogP contribution is -2.38. The molecule has 2 aromatic carbocycles. The molecule has 1 heterocycles. The minimum atomic E-state index is 0.171. The topological polar surface area (TPSA) is 21.7 Å². The van der Waals surface area contributed by atoms with E-state index in [9.17, 15) is 0 Å². The Morgan fingerprint density at radius 2 is 1.96 bits per heavy atom. The smallest absolute Gasteiger partial charge is 0.119 e. The number of nitrogens with zero attached hydrogens (tertiary/aromatic N) is 1. The van der Waals surface area contributed by atoms with Crippen molar-refractivity contribution < 1.29 is 9.47 Å². The van der Waals surface area contributed by atoms with Crippen molar-refractivity contribution in [1.82, 2.24) is 4.90 Å². The summed E-state index contributed by atoms with van der Waals surface area (Å²) in [6.45, 7) is 6.89. The van der Waals surface area contributed by atoms with Gasteiger partial charge in [-0.3, -0.25) is 4.90 Å². The Labute approximate surface area is 161 Å². The lowest BCUT2D eigenvalue weighted by atomic mass is 10.1. The molecule has 0 saturated carbocycles. The first-order valence-corrected chi connectivity index (χ1v) is 9.94. The van der Waals surface area contributed by atoms with Gasteiger partial charge in [0.05, 0.1) is 19.3 Å². The molecule has 0 aliphatic carbocycles. The molecule has 2 aromatic rings. The maximum atomic E-state index is 6.19. The van der Waals surface area contributed by atoms with Gasteiger partial charge in [-0.15, -0.1) is 0 Å². The van der Waals surface area contributed by atoms with Crippen LogP contribution in [0.1, 0.15) is 37.0 Å². The van der Waals surface area contributed by atoms with Crippen molar-refractivity contribution in [2.24, 2.45) is 0 Å². The fraction of sp³-hybridized carbons (Fsp3) is 0.455. The fourth-order valence-corrected chi connectivity index (χ4v) is 3.59. The number of ether oxygens (including phenoxy) is 2. The van der Waals surface area contributed by atoms with Gasteiger partial charge < -0.3 is 9.47 Å². The van der Waals surface area contributed by atoms with E-state index in [0.717, 1.165) is 49.9 Å². The van der Waals surface area contributed by atoms with E-state index >= 15 is 0 Å². The van der Waals surface area contributed by atoms with Crippen molar-refractivity contribution in [2.45, 2.75) is 32.3 Å². The van der Waals surface area contributed by atoms with Gasteiger partial charge >= 0.3 is 0 Å². The van der Waals surface area contributed by atoms with Crippen LogP contribution in [-0.2, 0) is 11.2 Å². The molecular formula is C22H28ClNO2. The summed E-state index contributed by atoms with van der Waals surface area (Å²) in [7, 11) is 0. The van der Waals surface area contributed by atoms with Gasteiger partial charge in [0.2, 0.25) is 0 Å². The van der Waals surface area contributed by atoms with Crippen LogP contribution in [0.15, 0.2) is 48.5 Å². The van der Waals surface area contributed by atoms with E-state index in [2.05, 4.69) is 30.0 Å². The molecule has 4 heteroatoms. The minimum absolute atomic E-state index is 0.171. The molecule has 1 saturated heterocycles. The van der Waals surface area contributed by atoms with E-state index in [1.54, 1.807) is 0 Å². The van der Waals surface area contributed by atoms with Crippen LogP contribution in [0.3, 0.4) is 0 Å². The Hall–Kier alpha value is -1.55. The zero-order chi connectivity index (χ0) is 18.2. The minimum Gasteiger partial charge on any atom is -0.494 e. The second-order valence-electron chi connectivity index (χ2n) is 6.77. The van der Waals surface area contributed by atoms with Gasteiger partial charge in [0.1, 0.15) is 5.75 Å². The Morgan fingerprint density at radius 1 is 1.15 bits per heavy atom. The quantitative estimate of drug-likeness (QED) is 0.598. The zero-order valence-corrected chi connectivity index (χ0v) is 16.3. The fourth-order valence-electron chi connectivity index (χ4n) is 3.36. The first-order chi connectivity index (χ1) is 12.8. The van der Waals surface area contributed by atoms with Gasteiger partial charge in [-0.25, -0.2) is 0 Å². The molecule has 3 nitrogen and oxygen atoms in total. The summed E-state index contributed by atoms with van der Waals surface area (Å²) < 4.78 is 11.8. The summed E-state index contributed by atoms with van der Waals surface area (Å²) in [5.74, 6) is 0.911. The summed E-state index contributed by atoms with van der Waals surface area (Å²) in [5, 5.41) is 0.835. The maximum Gasteiger partial charge on any atom is 0.119 e. The number of halogens is 1. The van der Waals surface area contributed by atoms with E-state index in [1.807, 2.05) is 30.3 Å². The lowest BCUT2D eigenvalue weighted by Gasteiger charge is -2.33. The van der Waals surface area contributed by atoms with E-state index in [4.69, 9.17) is 21.1 Å². The van der Waals surface area contributed by atoms with Crippen LogP contribution >= 0.6 is 11.6 Å². The molecule has 0 bridgehead atoms. The Bertz CT molecular complexity index is 672. The maximum absolute atomic E-state index is 6.19. The highest BCUT2D eigenvalue weighted by atomic mass is 35.5. The molecule has 0 aromatic heterocycles. The number of aryl methyl sites for hydroxylation is 1. The van der Waals surface area contributed by atoms with Gasteiger partial charge in [-0.1, -0.05) is 48.9 Å². The highest BCUT2D eigenvalue weighted by molar-refractivity contribution is 6.31. The average molecular weight is 374 g/mol. The van der Waals surface area contributed by atoms with E-state index in [0.29, 0.717) is 6.61 Å². The second-order valence-corrected chi connectivity index (χ2v) is 7.18.